The molecular weight excluding hydrogens is 326 g/mol. The number of hydrogen-bond acceptors (Lipinski definition) is 9. The van der Waals surface area contributed by atoms with E-state index < -0.39 is 6.10 Å². The zero-order valence-corrected chi connectivity index (χ0v) is 13.9. The molecule has 1 amide bonds. The summed E-state index contributed by atoms with van der Waals surface area (Å²) >= 11 is 0. The molecule has 10 heteroatoms. The molecule has 0 spiro atoms. The molecule has 1 saturated heterocycles. The lowest BCUT2D eigenvalue weighted by Gasteiger charge is -2.21. The number of nitrogen functional groups attached to an aromatic ring is 1. The van der Waals surface area contributed by atoms with Crippen molar-refractivity contribution in [2.45, 2.75) is 13.0 Å². The number of aryl methyl sites for hydroxylation is 1. The topological polar surface area (TPSA) is 134 Å². The summed E-state index contributed by atoms with van der Waals surface area (Å²) < 4.78 is 4.92. The molecule has 134 valence electrons. The normalized spacial score (nSPS) is 18.8. The summed E-state index contributed by atoms with van der Waals surface area (Å²) in [5, 5.41) is 16.6. The van der Waals surface area contributed by atoms with Gasteiger partial charge in [0, 0.05) is 38.4 Å². The van der Waals surface area contributed by atoms with E-state index in [4.69, 9.17) is 10.3 Å². The van der Waals surface area contributed by atoms with E-state index in [1.807, 2.05) is 9.80 Å². The fourth-order valence-corrected chi connectivity index (χ4v) is 2.71. The molecule has 10 nitrogen and oxygen atoms in total. The summed E-state index contributed by atoms with van der Waals surface area (Å²) in [7, 11) is 0. The lowest BCUT2D eigenvalue weighted by molar-refractivity contribution is -0.117. The highest BCUT2D eigenvalue weighted by molar-refractivity contribution is 5.91. The molecule has 1 unspecified atom stereocenters. The van der Waals surface area contributed by atoms with Gasteiger partial charge in [-0.25, -0.2) is 4.98 Å². The van der Waals surface area contributed by atoms with Crippen LogP contribution in [0.1, 0.15) is 5.76 Å². The summed E-state index contributed by atoms with van der Waals surface area (Å²) in [4.78, 5) is 24.2. The number of carbonyl (C=O) groups is 1. The number of rotatable bonds is 4. The minimum absolute atomic E-state index is 0.147. The molecule has 3 rings (SSSR count). The van der Waals surface area contributed by atoms with Gasteiger partial charge in [-0.1, -0.05) is 5.16 Å². The van der Waals surface area contributed by atoms with E-state index in [0.29, 0.717) is 49.5 Å². The SMILES string of the molecule is Cc1cc(NC(=O)CN2CCN(c3nccc(N)n3)CC(O)C2)no1. The van der Waals surface area contributed by atoms with Crippen LogP contribution < -0.4 is 16.0 Å². The second-order valence-electron chi connectivity index (χ2n) is 5.99. The maximum Gasteiger partial charge on any atom is 0.239 e. The zero-order chi connectivity index (χ0) is 17.8. The average molecular weight is 347 g/mol. The zero-order valence-electron chi connectivity index (χ0n) is 13.9. The lowest BCUT2D eigenvalue weighted by atomic mass is 10.3. The third-order valence-corrected chi connectivity index (χ3v) is 3.80. The molecule has 1 aliphatic heterocycles. The number of hydrogen-bond donors (Lipinski definition) is 3. The molecule has 1 atom stereocenters. The monoisotopic (exact) mass is 347 g/mol. The Hall–Kier alpha value is -2.72. The first kappa shape index (κ1) is 17.1. The molecule has 25 heavy (non-hydrogen) atoms. The van der Waals surface area contributed by atoms with Gasteiger partial charge in [-0.15, -0.1) is 0 Å². The van der Waals surface area contributed by atoms with E-state index in [0.717, 1.165) is 0 Å². The van der Waals surface area contributed by atoms with E-state index >= 15 is 0 Å². The van der Waals surface area contributed by atoms with E-state index in [9.17, 15) is 9.90 Å². The largest absolute Gasteiger partial charge is 0.390 e. The lowest BCUT2D eigenvalue weighted by Crippen LogP contribution is -2.38. The molecular formula is C15H21N7O3. The minimum Gasteiger partial charge on any atom is -0.390 e. The van der Waals surface area contributed by atoms with E-state index in [1.54, 1.807) is 25.3 Å². The van der Waals surface area contributed by atoms with Crippen molar-refractivity contribution in [3.8, 4) is 0 Å². The van der Waals surface area contributed by atoms with Crippen LogP contribution in [-0.4, -0.2) is 69.9 Å². The number of aliphatic hydroxyl groups is 1. The second-order valence-corrected chi connectivity index (χ2v) is 5.99. The van der Waals surface area contributed by atoms with Gasteiger partial charge in [0.15, 0.2) is 5.82 Å². The van der Waals surface area contributed by atoms with Crippen LogP contribution in [0.2, 0.25) is 0 Å². The Labute approximate surface area is 144 Å². The molecule has 0 aromatic carbocycles. The minimum atomic E-state index is -0.630. The van der Waals surface area contributed by atoms with Crippen LogP contribution in [-0.2, 0) is 4.79 Å². The third kappa shape index (κ3) is 4.64. The molecule has 4 N–H and O–H groups in total. The van der Waals surface area contributed by atoms with E-state index in [-0.39, 0.29) is 12.5 Å². The molecule has 1 aliphatic rings. The molecule has 2 aromatic heterocycles. The predicted octanol–water partition coefficient (Wildman–Crippen LogP) is -0.523. The third-order valence-electron chi connectivity index (χ3n) is 3.80. The number of aliphatic hydroxyl groups excluding tert-OH is 1. The fraction of sp³-hybridized carbons (Fsp3) is 0.467. The Balaban J connectivity index is 1.58. The Morgan fingerprint density at radius 2 is 2.32 bits per heavy atom. The van der Waals surface area contributed by atoms with Gasteiger partial charge in [0.25, 0.3) is 0 Å². The van der Waals surface area contributed by atoms with Gasteiger partial charge in [-0.3, -0.25) is 9.69 Å². The summed E-state index contributed by atoms with van der Waals surface area (Å²) in [6, 6.07) is 3.26. The first-order valence-electron chi connectivity index (χ1n) is 7.96. The smallest absolute Gasteiger partial charge is 0.239 e. The summed E-state index contributed by atoms with van der Waals surface area (Å²) in [5.74, 6) is 1.64. The van der Waals surface area contributed by atoms with Crippen LogP contribution in [0.15, 0.2) is 22.9 Å². The molecule has 3 heterocycles. The van der Waals surface area contributed by atoms with Crippen LogP contribution in [0.3, 0.4) is 0 Å². The highest BCUT2D eigenvalue weighted by atomic mass is 16.5. The van der Waals surface area contributed by atoms with Crippen LogP contribution in [0, 0.1) is 6.92 Å². The first-order valence-corrected chi connectivity index (χ1v) is 7.96. The molecule has 0 aliphatic carbocycles. The van der Waals surface area contributed by atoms with Gasteiger partial charge in [-0.2, -0.15) is 4.98 Å². The second kappa shape index (κ2) is 7.45. The van der Waals surface area contributed by atoms with Crippen molar-refractivity contribution in [1.82, 2.24) is 20.0 Å². The Morgan fingerprint density at radius 3 is 3.04 bits per heavy atom. The maximum absolute atomic E-state index is 12.1. The van der Waals surface area contributed by atoms with Crippen molar-refractivity contribution >= 4 is 23.5 Å². The Morgan fingerprint density at radius 1 is 1.48 bits per heavy atom. The van der Waals surface area contributed by atoms with Gasteiger partial charge in [0.1, 0.15) is 11.6 Å². The quantitative estimate of drug-likeness (QED) is 0.667. The van der Waals surface area contributed by atoms with Crippen molar-refractivity contribution in [2.24, 2.45) is 0 Å². The fourth-order valence-electron chi connectivity index (χ4n) is 2.71. The van der Waals surface area contributed by atoms with Crippen LogP contribution in [0.25, 0.3) is 0 Å². The number of aromatic nitrogens is 3. The molecule has 0 radical (unpaired) electrons. The Bertz CT molecular complexity index is 735. The van der Waals surface area contributed by atoms with Crippen molar-refractivity contribution in [2.75, 3.05) is 48.7 Å². The molecule has 0 bridgehead atoms. The number of β-amino-alcohol motifs (C(OH)–C–C–N with tert-alkyl or cyclic N) is 1. The van der Waals surface area contributed by atoms with E-state index in [1.165, 1.54) is 0 Å². The number of nitrogens with zero attached hydrogens (tertiary/aromatic N) is 5. The predicted molar refractivity (Wildman–Crippen MR) is 91.0 cm³/mol. The van der Waals surface area contributed by atoms with Crippen LogP contribution >= 0.6 is 0 Å². The molecule has 2 aromatic rings. The van der Waals surface area contributed by atoms with Crippen molar-refractivity contribution in [1.29, 1.82) is 0 Å². The molecule has 0 saturated carbocycles. The highest BCUT2D eigenvalue weighted by Crippen LogP contribution is 2.13. The number of carbonyl (C=O) groups excluding carboxylic acids is 1. The van der Waals surface area contributed by atoms with Crippen LogP contribution in [0.4, 0.5) is 17.6 Å². The van der Waals surface area contributed by atoms with E-state index in [2.05, 4.69) is 20.4 Å². The number of nitrogens with one attached hydrogen (secondary N) is 1. The number of anilines is 3. The van der Waals surface area contributed by atoms with Crippen molar-refractivity contribution < 1.29 is 14.4 Å². The summed E-state index contributed by atoms with van der Waals surface area (Å²) in [5.41, 5.74) is 5.69. The van der Waals surface area contributed by atoms with Crippen molar-refractivity contribution in [3.05, 3.63) is 24.1 Å². The van der Waals surface area contributed by atoms with Crippen molar-refractivity contribution in [3.63, 3.8) is 0 Å². The highest BCUT2D eigenvalue weighted by Gasteiger charge is 2.24. The van der Waals surface area contributed by atoms with Gasteiger partial charge in [0.05, 0.1) is 12.6 Å². The Kier molecular flexibility index (Phi) is 5.10. The average Bonchev–Trinajstić information content (AvgIpc) is 2.85. The number of nitrogens with two attached hydrogens (primary N) is 1. The van der Waals surface area contributed by atoms with Gasteiger partial charge in [0.2, 0.25) is 11.9 Å². The summed E-state index contributed by atoms with van der Waals surface area (Å²) in [6.07, 6.45) is 0.953. The standard InChI is InChI=1S/C15H21N7O3/c1-10-6-13(20-25-10)19-14(24)9-21-4-5-22(8-11(23)7-21)15-17-3-2-12(16)18-15/h2-3,6,11,23H,4-5,7-9H2,1H3,(H2,16,17,18)(H,19,20,24). The van der Waals surface area contributed by atoms with Gasteiger partial charge in [-0.05, 0) is 13.0 Å². The van der Waals surface area contributed by atoms with Crippen LogP contribution in [0.5, 0.6) is 0 Å². The van der Waals surface area contributed by atoms with Gasteiger partial charge >= 0.3 is 0 Å². The first-order chi connectivity index (χ1) is 12.0. The number of amides is 1. The summed E-state index contributed by atoms with van der Waals surface area (Å²) in [6.45, 7) is 3.82. The molecule has 1 fully saturated rings. The maximum atomic E-state index is 12.1. The van der Waals surface area contributed by atoms with Gasteiger partial charge < -0.3 is 25.6 Å².